The summed E-state index contributed by atoms with van der Waals surface area (Å²) in [5.74, 6) is 0.701. The predicted octanol–water partition coefficient (Wildman–Crippen LogP) is 4.53. The second kappa shape index (κ2) is 5.70. The van der Waals surface area contributed by atoms with E-state index in [4.69, 9.17) is 13.6 Å². The number of hydrogen-bond acceptors (Lipinski definition) is 3. The van der Waals surface area contributed by atoms with Crippen LogP contribution >= 0.6 is 7.28 Å². The summed E-state index contributed by atoms with van der Waals surface area (Å²) in [6.45, 7) is 0. The van der Waals surface area contributed by atoms with Crippen molar-refractivity contribution in [3.05, 3.63) is 104 Å². The van der Waals surface area contributed by atoms with Crippen LogP contribution < -0.4 is 15.1 Å². The fourth-order valence-corrected chi connectivity index (χ4v) is 6.43. The monoisotopic (exact) mass is 336 g/mol. The van der Waals surface area contributed by atoms with E-state index in [1.807, 2.05) is 91.0 Å². The third-order valence-corrected chi connectivity index (χ3v) is 7.91. The summed E-state index contributed by atoms with van der Waals surface area (Å²) >= 11 is 0. The van der Waals surface area contributed by atoms with Crippen molar-refractivity contribution < 1.29 is 13.6 Å². The van der Waals surface area contributed by atoms with E-state index in [-0.39, 0.29) is 0 Å². The summed E-state index contributed by atoms with van der Waals surface area (Å²) < 4.78 is 19.0. The van der Waals surface area contributed by atoms with Gasteiger partial charge >= 0.3 is 141 Å². The molecule has 0 fully saturated rings. The molecule has 24 heavy (non-hydrogen) atoms. The van der Waals surface area contributed by atoms with E-state index < -0.39 is 7.28 Å². The fourth-order valence-electron chi connectivity index (χ4n) is 2.88. The van der Waals surface area contributed by atoms with Crippen LogP contribution in [0.4, 0.5) is 0 Å². The summed E-state index contributed by atoms with van der Waals surface area (Å²) in [4.78, 5) is 0. The molecule has 1 heterocycles. The Labute approximate surface area is 141 Å². The number of para-hydroxylation sites is 1. The third kappa shape index (κ3) is 2.17. The minimum atomic E-state index is -3.79. The van der Waals surface area contributed by atoms with Crippen molar-refractivity contribution >= 4 is 17.9 Å². The number of benzene rings is 3. The van der Waals surface area contributed by atoms with Gasteiger partial charge in [0, 0.05) is 0 Å². The Hall–Kier alpha value is -2.77. The van der Waals surface area contributed by atoms with E-state index in [0.717, 1.165) is 10.6 Å². The summed E-state index contributed by atoms with van der Waals surface area (Å²) in [5.41, 5.74) is 0. The molecule has 4 heteroatoms. The van der Waals surface area contributed by atoms with E-state index in [1.165, 1.54) is 0 Å². The molecule has 0 spiro atoms. The molecule has 3 nitrogen and oxygen atoms in total. The first-order valence-electron chi connectivity index (χ1n) is 7.74. The molecule has 3 aromatic rings. The first-order valence-corrected chi connectivity index (χ1v) is 9.73. The predicted molar refractivity (Wildman–Crippen MR) is 97.5 cm³/mol. The molecule has 0 aromatic heterocycles. The average Bonchev–Trinajstić information content (AvgIpc) is 3.11. The molecule has 120 valence electrons. The van der Waals surface area contributed by atoms with Gasteiger partial charge in [-0.2, -0.15) is 0 Å². The Morgan fingerprint density at radius 2 is 0.958 bits per heavy atom. The van der Waals surface area contributed by atoms with E-state index in [2.05, 4.69) is 0 Å². The second-order valence-corrected chi connectivity index (χ2v) is 8.84. The van der Waals surface area contributed by atoms with Gasteiger partial charge in [0.2, 0.25) is 0 Å². The zero-order valence-electron chi connectivity index (χ0n) is 13.0. The van der Waals surface area contributed by atoms with Gasteiger partial charge in [-0.05, 0) is 0 Å². The Bertz CT molecular complexity index is 796. The van der Waals surface area contributed by atoms with Crippen molar-refractivity contribution in [3.63, 3.8) is 0 Å². The van der Waals surface area contributed by atoms with Gasteiger partial charge in [0.25, 0.3) is 0 Å². The molecular formula is C20H17O3P. The standard InChI is InChI=1S/C20H17O3P/c1-4-10-18(11-5-1)23-24(21-16-17-22-24,19-12-6-2-7-13-19)20-14-8-3-9-15-20/h1-17H. The first-order chi connectivity index (χ1) is 11.8. The molecule has 0 radical (unpaired) electrons. The van der Waals surface area contributed by atoms with E-state index >= 15 is 0 Å². The molecule has 0 unspecified atom stereocenters. The van der Waals surface area contributed by atoms with Gasteiger partial charge in [-0.3, -0.25) is 0 Å². The van der Waals surface area contributed by atoms with Crippen LogP contribution in [0.5, 0.6) is 5.75 Å². The maximum absolute atomic E-state index is 6.55. The SMILES string of the molecule is C1=COP(Oc2ccccc2)(c2ccccc2)(c2ccccc2)O1. The quantitative estimate of drug-likeness (QED) is 0.655. The molecular weight excluding hydrogens is 319 g/mol. The summed E-state index contributed by atoms with van der Waals surface area (Å²) in [7, 11) is -3.79. The summed E-state index contributed by atoms with van der Waals surface area (Å²) in [5, 5.41) is 1.76. The average molecular weight is 336 g/mol. The third-order valence-electron chi connectivity index (χ3n) is 3.98. The van der Waals surface area contributed by atoms with Crippen LogP contribution in [0.1, 0.15) is 0 Å². The van der Waals surface area contributed by atoms with Crippen LogP contribution in [0.3, 0.4) is 0 Å². The van der Waals surface area contributed by atoms with Crippen molar-refractivity contribution in [3.8, 4) is 5.75 Å². The van der Waals surface area contributed by atoms with Crippen LogP contribution in [0.25, 0.3) is 0 Å². The molecule has 0 saturated carbocycles. The zero-order chi connectivity index (χ0) is 16.3. The van der Waals surface area contributed by atoms with E-state index in [9.17, 15) is 0 Å². The normalized spacial score (nSPS) is 18.6. The Morgan fingerprint density at radius 3 is 1.42 bits per heavy atom. The molecule has 4 rings (SSSR count). The van der Waals surface area contributed by atoms with Gasteiger partial charge in [-0.25, -0.2) is 0 Å². The maximum atomic E-state index is 6.55. The molecule has 0 bridgehead atoms. The Morgan fingerprint density at radius 1 is 0.542 bits per heavy atom. The topological polar surface area (TPSA) is 27.7 Å². The number of hydrogen-bond donors (Lipinski definition) is 0. The Kier molecular flexibility index (Phi) is 3.51. The van der Waals surface area contributed by atoms with Crippen LogP contribution in [-0.4, -0.2) is 0 Å². The van der Waals surface area contributed by atoms with Crippen molar-refractivity contribution in [1.82, 2.24) is 0 Å². The van der Waals surface area contributed by atoms with Crippen LogP contribution in [0, 0.1) is 0 Å². The van der Waals surface area contributed by atoms with Crippen LogP contribution in [0.15, 0.2) is 104 Å². The molecule has 0 amide bonds. The van der Waals surface area contributed by atoms with Crippen molar-refractivity contribution in [2.24, 2.45) is 0 Å². The molecule has 3 aromatic carbocycles. The molecule has 0 N–H and O–H groups in total. The molecule has 0 aliphatic carbocycles. The van der Waals surface area contributed by atoms with Crippen LogP contribution in [0.2, 0.25) is 0 Å². The van der Waals surface area contributed by atoms with Crippen LogP contribution in [-0.2, 0) is 9.05 Å². The van der Waals surface area contributed by atoms with Gasteiger partial charge < -0.3 is 0 Å². The molecule has 1 aliphatic rings. The van der Waals surface area contributed by atoms with E-state index in [0.29, 0.717) is 5.75 Å². The summed E-state index contributed by atoms with van der Waals surface area (Å²) in [6, 6.07) is 29.4. The zero-order valence-corrected chi connectivity index (χ0v) is 13.9. The van der Waals surface area contributed by atoms with Gasteiger partial charge in [0.1, 0.15) is 0 Å². The fraction of sp³-hybridized carbons (Fsp3) is 0. The molecule has 0 saturated heterocycles. The van der Waals surface area contributed by atoms with Gasteiger partial charge in [0.15, 0.2) is 0 Å². The first kappa shape index (κ1) is 14.8. The summed E-state index contributed by atoms with van der Waals surface area (Å²) in [6.07, 6.45) is 3.14. The van der Waals surface area contributed by atoms with E-state index in [1.54, 1.807) is 12.5 Å². The van der Waals surface area contributed by atoms with Gasteiger partial charge in [-0.1, -0.05) is 0 Å². The minimum absolute atomic E-state index is 0.701. The van der Waals surface area contributed by atoms with Crippen molar-refractivity contribution in [2.75, 3.05) is 0 Å². The Balaban J connectivity index is 1.98. The van der Waals surface area contributed by atoms with Gasteiger partial charge in [0.05, 0.1) is 0 Å². The number of rotatable bonds is 4. The van der Waals surface area contributed by atoms with Crippen molar-refractivity contribution in [1.29, 1.82) is 0 Å². The molecule has 1 aliphatic heterocycles. The second-order valence-electron chi connectivity index (χ2n) is 5.44. The van der Waals surface area contributed by atoms with Gasteiger partial charge in [-0.15, -0.1) is 0 Å². The molecule has 0 atom stereocenters. The van der Waals surface area contributed by atoms with Crippen molar-refractivity contribution in [2.45, 2.75) is 0 Å².